The van der Waals surface area contributed by atoms with Crippen molar-refractivity contribution in [3.8, 4) is 11.4 Å². The molecule has 3 heterocycles. The van der Waals surface area contributed by atoms with Gasteiger partial charge in [0.1, 0.15) is 0 Å². The number of rotatable bonds is 13. The lowest BCUT2D eigenvalue weighted by molar-refractivity contribution is 0.546. The van der Waals surface area contributed by atoms with Gasteiger partial charge in [-0.2, -0.15) is 0 Å². The smallest absolute Gasteiger partial charge is 0.259 e. The van der Waals surface area contributed by atoms with E-state index in [0.717, 1.165) is 47.3 Å². The zero-order valence-corrected chi connectivity index (χ0v) is 22.5. The molecule has 0 saturated heterocycles. The number of nitrogens with two attached hydrogens (primary N) is 1. The van der Waals surface area contributed by atoms with E-state index in [1.165, 1.54) is 74.3 Å². The Hall–Kier alpha value is -2.73. The molecule has 0 radical (unpaired) electrons. The molecule has 0 saturated carbocycles. The standard InChI is InChI=1S/C31H38N4O.ClH/c32-18-12-6-4-2-1-3-5-7-13-19-33-21-26-25-16-10-11-17-28(25)34-30-27(26)22-35-29(30)20-23-14-8-9-15-24(23)31(35)36;/h8-11,14-17,20,33H,1-7,12-13,18-19,21-22,32H2;1H. The highest BCUT2D eigenvalue weighted by Gasteiger charge is 2.26. The molecule has 0 unspecified atom stereocenters. The summed E-state index contributed by atoms with van der Waals surface area (Å²) in [6.07, 6.45) is 11.6. The van der Waals surface area contributed by atoms with E-state index in [4.69, 9.17) is 10.7 Å². The Kier molecular flexibility index (Phi) is 9.73. The zero-order chi connectivity index (χ0) is 24.7. The third-order valence-corrected chi connectivity index (χ3v) is 7.55. The number of nitrogens with zero attached hydrogens (tertiary/aromatic N) is 2. The van der Waals surface area contributed by atoms with Crippen LogP contribution >= 0.6 is 12.4 Å². The van der Waals surface area contributed by atoms with Crippen LogP contribution in [0.4, 0.5) is 0 Å². The van der Waals surface area contributed by atoms with Crippen LogP contribution in [0.25, 0.3) is 33.1 Å². The van der Waals surface area contributed by atoms with Crippen LogP contribution in [0.3, 0.4) is 0 Å². The summed E-state index contributed by atoms with van der Waals surface area (Å²) in [5.41, 5.74) is 11.0. The molecule has 4 aromatic rings. The Morgan fingerprint density at radius 3 is 2.24 bits per heavy atom. The minimum atomic E-state index is 0. The largest absolute Gasteiger partial charge is 0.330 e. The maximum Gasteiger partial charge on any atom is 0.259 e. The number of hydrogen-bond acceptors (Lipinski definition) is 4. The van der Waals surface area contributed by atoms with Crippen LogP contribution in [0.15, 0.2) is 59.4 Å². The third-order valence-electron chi connectivity index (χ3n) is 7.55. The second-order valence-electron chi connectivity index (χ2n) is 10.1. The molecule has 0 bridgehead atoms. The molecule has 196 valence electrons. The van der Waals surface area contributed by atoms with E-state index in [1.54, 1.807) is 0 Å². The molecule has 2 aromatic carbocycles. The fourth-order valence-corrected chi connectivity index (χ4v) is 5.56. The van der Waals surface area contributed by atoms with Crippen LogP contribution in [0, 0.1) is 0 Å². The number of benzene rings is 2. The quantitative estimate of drug-likeness (QED) is 0.173. The van der Waals surface area contributed by atoms with Gasteiger partial charge in [-0.1, -0.05) is 81.3 Å². The molecule has 0 atom stereocenters. The first kappa shape index (κ1) is 27.3. The van der Waals surface area contributed by atoms with Crippen molar-refractivity contribution in [3.63, 3.8) is 0 Å². The van der Waals surface area contributed by atoms with Gasteiger partial charge in [-0.05, 0) is 55.1 Å². The number of unbranched alkanes of at least 4 members (excludes halogenated alkanes) is 8. The lowest BCUT2D eigenvalue weighted by Crippen LogP contribution is -2.20. The Bertz CT molecular complexity index is 1400. The van der Waals surface area contributed by atoms with E-state index in [9.17, 15) is 4.79 Å². The van der Waals surface area contributed by atoms with Gasteiger partial charge in [-0.3, -0.25) is 4.79 Å². The molecule has 2 aromatic heterocycles. The van der Waals surface area contributed by atoms with E-state index in [0.29, 0.717) is 6.54 Å². The number of fused-ring (bicyclic) bond motifs is 5. The van der Waals surface area contributed by atoms with E-state index in [-0.39, 0.29) is 18.0 Å². The summed E-state index contributed by atoms with van der Waals surface area (Å²) in [4.78, 5) is 18.3. The van der Waals surface area contributed by atoms with Gasteiger partial charge in [0, 0.05) is 22.9 Å². The molecule has 5 rings (SSSR count). The topological polar surface area (TPSA) is 72.9 Å². The Labute approximate surface area is 225 Å². The second-order valence-corrected chi connectivity index (χ2v) is 10.1. The number of halogens is 1. The lowest BCUT2D eigenvalue weighted by Gasteiger charge is -2.13. The molecule has 6 heteroatoms. The van der Waals surface area contributed by atoms with Crippen LogP contribution in [-0.2, 0) is 13.1 Å². The van der Waals surface area contributed by atoms with Crippen molar-refractivity contribution in [2.24, 2.45) is 5.73 Å². The summed E-state index contributed by atoms with van der Waals surface area (Å²) >= 11 is 0. The van der Waals surface area contributed by atoms with Gasteiger partial charge in [0.2, 0.25) is 0 Å². The molecular formula is C31H39ClN4O. The van der Waals surface area contributed by atoms with Crippen molar-refractivity contribution < 1.29 is 0 Å². The third kappa shape index (κ3) is 6.06. The number of para-hydroxylation sites is 1. The predicted molar refractivity (Wildman–Crippen MR) is 158 cm³/mol. The van der Waals surface area contributed by atoms with E-state index in [1.807, 2.05) is 34.9 Å². The highest BCUT2D eigenvalue weighted by molar-refractivity contribution is 5.91. The summed E-state index contributed by atoms with van der Waals surface area (Å²) in [5, 5.41) is 6.63. The molecule has 37 heavy (non-hydrogen) atoms. The van der Waals surface area contributed by atoms with Crippen molar-refractivity contribution in [1.82, 2.24) is 14.9 Å². The van der Waals surface area contributed by atoms with Gasteiger partial charge in [-0.25, -0.2) is 4.98 Å². The van der Waals surface area contributed by atoms with Gasteiger partial charge in [0.05, 0.1) is 23.4 Å². The van der Waals surface area contributed by atoms with Crippen molar-refractivity contribution in [3.05, 3.63) is 76.1 Å². The van der Waals surface area contributed by atoms with E-state index >= 15 is 0 Å². The Morgan fingerprint density at radius 2 is 1.49 bits per heavy atom. The Balaban J connectivity index is 0.00000320. The monoisotopic (exact) mass is 518 g/mol. The van der Waals surface area contributed by atoms with Gasteiger partial charge in [0.15, 0.2) is 0 Å². The molecule has 3 N–H and O–H groups in total. The molecule has 5 nitrogen and oxygen atoms in total. The maximum absolute atomic E-state index is 13.3. The van der Waals surface area contributed by atoms with Gasteiger partial charge >= 0.3 is 0 Å². The average molecular weight is 519 g/mol. The summed E-state index contributed by atoms with van der Waals surface area (Å²) < 4.78 is 1.90. The van der Waals surface area contributed by atoms with Crippen LogP contribution in [0.1, 0.15) is 68.9 Å². The van der Waals surface area contributed by atoms with Crippen molar-refractivity contribution in [1.29, 1.82) is 0 Å². The minimum absolute atomic E-state index is 0. The van der Waals surface area contributed by atoms with Crippen molar-refractivity contribution >= 4 is 34.1 Å². The number of aromatic nitrogens is 2. The summed E-state index contributed by atoms with van der Waals surface area (Å²) in [5.74, 6) is 0. The van der Waals surface area contributed by atoms with E-state index in [2.05, 4.69) is 29.6 Å². The SMILES string of the molecule is Cl.NCCCCCCCCCCCNCc1c2c(nc3ccccc13)-c1cc3ccccc3c(=O)n1C2. The predicted octanol–water partition coefficient (Wildman–Crippen LogP) is 6.56. The van der Waals surface area contributed by atoms with E-state index < -0.39 is 0 Å². The molecule has 0 spiro atoms. The van der Waals surface area contributed by atoms with Crippen LogP contribution in [0.2, 0.25) is 0 Å². The summed E-state index contributed by atoms with van der Waals surface area (Å²) in [7, 11) is 0. The maximum atomic E-state index is 13.3. The Morgan fingerprint density at radius 1 is 0.838 bits per heavy atom. The minimum Gasteiger partial charge on any atom is -0.330 e. The number of pyridine rings is 2. The lowest BCUT2D eigenvalue weighted by atomic mass is 10.00. The fourth-order valence-electron chi connectivity index (χ4n) is 5.56. The van der Waals surface area contributed by atoms with Gasteiger partial charge < -0.3 is 15.6 Å². The highest BCUT2D eigenvalue weighted by Crippen LogP contribution is 2.36. The number of hydrogen-bond donors (Lipinski definition) is 2. The first-order chi connectivity index (χ1) is 17.8. The second kappa shape index (κ2) is 13.2. The molecular weight excluding hydrogens is 480 g/mol. The average Bonchev–Trinajstić information content (AvgIpc) is 3.27. The van der Waals surface area contributed by atoms with Crippen LogP contribution in [0.5, 0.6) is 0 Å². The van der Waals surface area contributed by atoms with Gasteiger partial charge in [0.25, 0.3) is 5.56 Å². The number of nitrogens with one attached hydrogen (secondary N) is 1. The highest BCUT2D eigenvalue weighted by atomic mass is 35.5. The molecule has 0 amide bonds. The molecule has 1 aliphatic heterocycles. The van der Waals surface area contributed by atoms with Crippen molar-refractivity contribution in [2.45, 2.75) is 70.9 Å². The normalized spacial score (nSPS) is 12.0. The fraction of sp³-hybridized carbons (Fsp3) is 0.419. The summed E-state index contributed by atoms with van der Waals surface area (Å²) in [6, 6.07) is 18.3. The molecule has 1 aliphatic rings. The summed E-state index contributed by atoms with van der Waals surface area (Å²) in [6.45, 7) is 3.23. The van der Waals surface area contributed by atoms with Crippen LogP contribution in [-0.4, -0.2) is 22.6 Å². The van der Waals surface area contributed by atoms with Crippen LogP contribution < -0.4 is 16.6 Å². The first-order valence-corrected chi connectivity index (χ1v) is 13.7. The zero-order valence-electron chi connectivity index (χ0n) is 21.7. The molecule has 0 fully saturated rings. The van der Waals surface area contributed by atoms with Gasteiger partial charge in [-0.15, -0.1) is 12.4 Å². The molecule has 0 aliphatic carbocycles. The first-order valence-electron chi connectivity index (χ1n) is 13.7. The van der Waals surface area contributed by atoms with Crippen molar-refractivity contribution in [2.75, 3.05) is 13.1 Å².